The highest BCUT2D eigenvalue weighted by atomic mass is 79.9. The summed E-state index contributed by atoms with van der Waals surface area (Å²) in [5.74, 6) is -0.820. The summed E-state index contributed by atoms with van der Waals surface area (Å²) in [5, 5.41) is 0. The van der Waals surface area contributed by atoms with Gasteiger partial charge in [-0.05, 0) is 51.5 Å². The van der Waals surface area contributed by atoms with Crippen LogP contribution in [0.15, 0.2) is 22.7 Å². The third-order valence-corrected chi connectivity index (χ3v) is 4.65. The van der Waals surface area contributed by atoms with E-state index in [2.05, 4.69) is 15.9 Å². The molecule has 1 fully saturated rings. The first-order chi connectivity index (χ1) is 9.83. The zero-order valence-corrected chi connectivity index (χ0v) is 14.4. The predicted octanol–water partition coefficient (Wildman–Crippen LogP) is 4.10. The van der Waals surface area contributed by atoms with E-state index in [0.717, 1.165) is 12.1 Å². The Morgan fingerprint density at radius 1 is 1.09 bits per heavy atom. The Labute approximate surface area is 136 Å². The summed E-state index contributed by atoms with van der Waals surface area (Å²) in [4.78, 5) is 0. The lowest BCUT2D eigenvalue weighted by Crippen LogP contribution is -2.41. The molecule has 1 saturated heterocycles. The molecule has 0 aliphatic carbocycles. The third-order valence-electron chi connectivity index (χ3n) is 4.20. The van der Waals surface area contributed by atoms with Gasteiger partial charge in [0.2, 0.25) is 0 Å². The molecule has 0 saturated carbocycles. The minimum Gasteiger partial charge on any atom is -0.402 e. The molecular formula is C14H18BBrF3NO2. The van der Waals surface area contributed by atoms with E-state index in [1.165, 1.54) is 0 Å². The summed E-state index contributed by atoms with van der Waals surface area (Å²) < 4.78 is 50.6. The Morgan fingerprint density at radius 2 is 1.59 bits per heavy atom. The van der Waals surface area contributed by atoms with Crippen LogP contribution in [0.4, 0.5) is 13.2 Å². The van der Waals surface area contributed by atoms with Crippen LogP contribution in [0.3, 0.4) is 0 Å². The lowest BCUT2D eigenvalue weighted by molar-refractivity contribution is -0.137. The number of hydrogen-bond donors (Lipinski definition) is 1. The van der Waals surface area contributed by atoms with Gasteiger partial charge in [-0.25, -0.2) is 0 Å². The molecule has 1 aliphatic rings. The van der Waals surface area contributed by atoms with E-state index >= 15 is 0 Å². The van der Waals surface area contributed by atoms with E-state index in [9.17, 15) is 13.2 Å². The quantitative estimate of drug-likeness (QED) is 0.787. The summed E-state index contributed by atoms with van der Waals surface area (Å²) in [5.41, 5.74) is 4.45. The molecule has 8 heteroatoms. The Bertz CT molecular complexity index is 562. The molecule has 122 valence electrons. The second kappa shape index (κ2) is 5.51. The van der Waals surface area contributed by atoms with Crippen molar-refractivity contribution in [2.75, 3.05) is 0 Å². The van der Waals surface area contributed by atoms with Crippen molar-refractivity contribution in [3.8, 4) is 0 Å². The smallest absolute Gasteiger partial charge is 0.402 e. The Hall–Kier alpha value is -0.565. The van der Waals surface area contributed by atoms with Crippen LogP contribution in [0, 0.1) is 0 Å². The number of benzene rings is 1. The van der Waals surface area contributed by atoms with Crippen LogP contribution in [0.5, 0.6) is 0 Å². The van der Waals surface area contributed by atoms with Gasteiger partial charge in [0.25, 0.3) is 0 Å². The fourth-order valence-electron chi connectivity index (χ4n) is 2.16. The van der Waals surface area contributed by atoms with Crippen LogP contribution in [-0.4, -0.2) is 18.3 Å². The molecule has 1 aliphatic heterocycles. The number of alkyl halides is 3. The summed E-state index contributed by atoms with van der Waals surface area (Å²) in [6.45, 7) is 7.45. The van der Waals surface area contributed by atoms with Crippen LogP contribution in [0.2, 0.25) is 0 Å². The summed E-state index contributed by atoms with van der Waals surface area (Å²) in [6, 6.07) is 3.59. The van der Waals surface area contributed by atoms with E-state index in [-0.39, 0.29) is 0 Å². The molecule has 0 aromatic heterocycles. The average molecular weight is 380 g/mol. The van der Waals surface area contributed by atoms with Crippen LogP contribution < -0.4 is 5.73 Å². The Kier molecular flexibility index (Phi) is 4.45. The van der Waals surface area contributed by atoms with Crippen LogP contribution in [-0.2, 0) is 15.5 Å². The molecule has 22 heavy (non-hydrogen) atoms. The van der Waals surface area contributed by atoms with Gasteiger partial charge < -0.3 is 15.0 Å². The van der Waals surface area contributed by atoms with Gasteiger partial charge in [0.05, 0.1) is 22.7 Å². The Balaban J connectivity index is 2.32. The summed E-state index contributed by atoms with van der Waals surface area (Å²) >= 11 is 3.09. The lowest BCUT2D eigenvalue weighted by atomic mass is 9.74. The fourth-order valence-corrected chi connectivity index (χ4v) is 2.67. The largest absolute Gasteiger partial charge is 0.480 e. The fraction of sp³-hybridized carbons (Fsp3) is 0.571. The van der Waals surface area contributed by atoms with E-state index < -0.39 is 36.0 Å². The highest BCUT2D eigenvalue weighted by Gasteiger charge is 2.53. The molecule has 0 spiro atoms. The second-order valence-electron chi connectivity index (χ2n) is 6.42. The van der Waals surface area contributed by atoms with Gasteiger partial charge in [0.1, 0.15) is 0 Å². The Morgan fingerprint density at radius 3 is 2.05 bits per heavy atom. The lowest BCUT2D eigenvalue weighted by Gasteiger charge is -2.32. The zero-order valence-electron chi connectivity index (χ0n) is 12.8. The normalized spacial score (nSPS) is 22.0. The topological polar surface area (TPSA) is 44.5 Å². The summed E-state index contributed by atoms with van der Waals surface area (Å²) in [6.07, 6.45) is -4.44. The maximum absolute atomic E-state index is 12.9. The first kappa shape index (κ1) is 17.8. The molecule has 1 atom stereocenters. The van der Waals surface area contributed by atoms with Gasteiger partial charge in [-0.15, -0.1) is 0 Å². The molecule has 0 unspecified atom stereocenters. The van der Waals surface area contributed by atoms with Crippen molar-refractivity contribution in [1.82, 2.24) is 0 Å². The third kappa shape index (κ3) is 3.35. The van der Waals surface area contributed by atoms with Gasteiger partial charge in [-0.3, -0.25) is 0 Å². The predicted molar refractivity (Wildman–Crippen MR) is 82.2 cm³/mol. The second-order valence-corrected chi connectivity index (χ2v) is 7.34. The van der Waals surface area contributed by atoms with Gasteiger partial charge in [0.15, 0.2) is 0 Å². The minimum absolute atomic E-state index is 0.306. The molecule has 0 bridgehead atoms. The highest BCUT2D eigenvalue weighted by molar-refractivity contribution is 9.10. The monoisotopic (exact) mass is 379 g/mol. The van der Waals surface area contributed by atoms with Crippen molar-refractivity contribution in [3.05, 3.63) is 33.8 Å². The molecule has 2 rings (SSSR count). The van der Waals surface area contributed by atoms with Crippen molar-refractivity contribution in [3.63, 3.8) is 0 Å². The number of halogens is 4. The first-order valence-corrected chi connectivity index (χ1v) is 7.62. The number of rotatable bonds is 2. The SMILES string of the molecule is CC1(C)OB([C@H](N)c2cc(Br)cc(C(F)(F)F)c2)OC1(C)C. The van der Waals surface area contributed by atoms with Crippen molar-refractivity contribution < 1.29 is 22.5 Å². The van der Waals surface area contributed by atoms with E-state index in [1.807, 2.05) is 27.7 Å². The maximum atomic E-state index is 12.9. The van der Waals surface area contributed by atoms with Crippen LogP contribution in [0.1, 0.15) is 44.8 Å². The maximum Gasteiger partial charge on any atom is 0.480 e. The van der Waals surface area contributed by atoms with Gasteiger partial charge in [-0.1, -0.05) is 15.9 Å². The van der Waals surface area contributed by atoms with Crippen LogP contribution >= 0.6 is 15.9 Å². The number of nitrogens with two attached hydrogens (primary N) is 1. The molecule has 0 amide bonds. The van der Waals surface area contributed by atoms with Crippen molar-refractivity contribution >= 4 is 23.0 Å². The molecule has 1 heterocycles. The van der Waals surface area contributed by atoms with Gasteiger partial charge in [-0.2, -0.15) is 13.2 Å². The molecule has 2 N–H and O–H groups in total. The highest BCUT2D eigenvalue weighted by Crippen LogP contribution is 2.40. The van der Waals surface area contributed by atoms with E-state index in [1.54, 1.807) is 6.07 Å². The molecule has 1 aromatic carbocycles. The zero-order chi connectivity index (χ0) is 16.9. The average Bonchev–Trinajstić information content (AvgIpc) is 2.55. The first-order valence-electron chi connectivity index (χ1n) is 6.82. The van der Waals surface area contributed by atoms with Crippen molar-refractivity contribution in [1.29, 1.82) is 0 Å². The van der Waals surface area contributed by atoms with Crippen LogP contribution in [0.25, 0.3) is 0 Å². The molecule has 1 aromatic rings. The minimum atomic E-state index is -4.44. The van der Waals surface area contributed by atoms with Gasteiger partial charge >= 0.3 is 13.3 Å². The van der Waals surface area contributed by atoms with Gasteiger partial charge in [0, 0.05) is 4.47 Å². The van der Waals surface area contributed by atoms with Crippen molar-refractivity contribution in [2.45, 2.75) is 51.0 Å². The standard InChI is InChI=1S/C14H18BBrF3NO2/c1-12(2)13(3,4)22-15(21-12)11(20)8-5-9(14(17,18)19)7-10(16)6-8/h5-7,11H,20H2,1-4H3/t11-/m1/s1. The van der Waals surface area contributed by atoms with Crippen molar-refractivity contribution in [2.24, 2.45) is 5.73 Å². The molecular weight excluding hydrogens is 362 g/mol. The van der Waals surface area contributed by atoms with E-state index in [4.69, 9.17) is 15.0 Å². The molecule has 3 nitrogen and oxygen atoms in total. The molecule has 0 radical (unpaired) electrons. The summed E-state index contributed by atoms with van der Waals surface area (Å²) in [7, 11) is -0.805. The van der Waals surface area contributed by atoms with E-state index in [0.29, 0.717) is 10.0 Å². The number of hydrogen-bond acceptors (Lipinski definition) is 3.